The molecular weight excluding hydrogens is 276 g/mol. The zero-order valence-electron chi connectivity index (χ0n) is 12.4. The van der Waals surface area contributed by atoms with Crippen LogP contribution >= 0.6 is 0 Å². The molecule has 0 unspecified atom stereocenters. The molecule has 1 radical (unpaired) electrons. The van der Waals surface area contributed by atoms with Crippen LogP contribution in [0.15, 0.2) is 42.6 Å². The van der Waals surface area contributed by atoms with Gasteiger partial charge in [-0.2, -0.15) is 0 Å². The standard InChI is InChI=1S/C17H19N4O/c22-17(20-21-11-4-1-5-12-21)19-16-9-3-2-8-15(16)14-7-6-10-18-13-14/h2-3,6-10H,1,4-5,11-12H2,(H2,19,20,22). The van der Waals surface area contributed by atoms with Crippen molar-refractivity contribution >= 4 is 11.7 Å². The van der Waals surface area contributed by atoms with Gasteiger partial charge in [0, 0.05) is 30.4 Å². The van der Waals surface area contributed by atoms with Crippen LogP contribution in [0.1, 0.15) is 19.3 Å². The number of piperidine rings is 1. The first-order valence-electron chi connectivity index (χ1n) is 7.57. The van der Waals surface area contributed by atoms with Crippen molar-refractivity contribution < 1.29 is 4.79 Å². The van der Waals surface area contributed by atoms with Crippen molar-refractivity contribution in [2.75, 3.05) is 18.4 Å². The minimum absolute atomic E-state index is 0.210. The van der Waals surface area contributed by atoms with E-state index >= 15 is 0 Å². The van der Waals surface area contributed by atoms with Gasteiger partial charge in [-0.25, -0.2) is 9.80 Å². The number of para-hydroxylation sites is 1. The van der Waals surface area contributed by atoms with E-state index in [1.54, 1.807) is 6.20 Å². The highest BCUT2D eigenvalue weighted by atomic mass is 16.2. The van der Waals surface area contributed by atoms with E-state index in [0.717, 1.165) is 42.7 Å². The maximum Gasteiger partial charge on any atom is 0.333 e. The molecule has 5 heteroatoms. The third-order valence-corrected chi connectivity index (χ3v) is 3.69. The van der Waals surface area contributed by atoms with Gasteiger partial charge in [-0.15, -0.1) is 0 Å². The fourth-order valence-corrected chi connectivity index (χ4v) is 2.60. The second kappa shape index (κ2) is 7.04. The normalized spacial score (nSPS) is 15.3. The minimum Gasteiger partial charge on any atom is -0.306 e. The van der Waals surface area contributed by atoms with Crippen LogP contribution < -0.4 is 10.7 Å². The highest BCUT2D eigenvalue weighted by Gasteiger charge is 2.14. The Labute approximate surface area is 130 Å². The van der Waals surface area contributed by atoms with Crippen LogP contribution in [0.4, 0.5) is 10.5 Å². The summed E-state index contributed by atoms with van der Waals surface area (Å²) in [4.78, 5) is 16.2. The van der Waals surface area contributed by atoms with Crippen LogP contribution in [0.2, 0.25) is 0 Å². The highest BCUT2D eigenvalue weighted by molar-refractivity contribution is 5.94. The van der Waals surface area contributed by atoms with Gasteiger partial charge in [-0.05, 0) is 25.0 Å². The number of urea groups is 1. The number of nitrogens with zero attached hydrogens (tertiary/aromatic N) is 2. The lowest BCUT2D eigenvalue weighted by Gasteiger charge is -2.27. The Morgan fingerprint density at radius 2 is 1.91 bits per heavy atom. The fourth-order valence-electron chi connectivity index (χ4n) is 2.60. The van der Waals surface area contributed by atoms with Gasteiger partial charge in [0.2, 0.25) is 0 Å². The molecule has 2 amide bonds. The number of hydrazine groups is 1. The summed E-state index contributed by atoms with van der Waals surface area (Å²) < 4.78 is 0. The number of carbonyl (C=O) groups excluding carboxylic acids is 1. The molecule has 3 rings (SSSR count). The molecule has 2 heterocycles. The molecule has 1 aromatic carbocycles. The number of nitrogens with one attached hydrogen (secondary N) is 2. The van der Waals surface area contributed by atoms with E-state index in [4.69, 9.17) is 0 Å². The predicted molar refractivity (Wildman–Crippen MR) is 86.1 cm³/mol. The average molecular weight is 295 g/mol. The molecule has 0 saturated carbocycles. The summed E-state index contributed by atoms with van der Waals surface area (Å²) in [5.74, 6) is 0. The van der Waals surface area contributed by atoms with Gasteiger partial charge in [0.15, 0.2) is 0 Å². The molecular formula is C17H19N4O. The van der Waals surface area contributed by atoms with E-state index in [0.29, 0.717) is 0 Å². The van der Waals surface area contributed by atoms with E-state index in [-0.39, 0.29) is 6.03 Å². The summed E-state index contributed by atoms with van der Waals surface area (Å²) in [7, 11) is 0. The number of carbonyl (C=O) groups is 1. The molecule has 0 atom stereocenters. The Balaban J connectivity index is 1.71. The lowest BCUT2D eigenvalue weighted by atomic mass is 10.1. The van der Waals surface area contributed by atoms with E-state index in [9.17, 15) is 4.79 Å². The number of aromatic nitrogens is 1. The summed E-state index contributed by atoms with van der Waals surface area (Å²) >= 11 is 0. The van der Waals surface area contributed by atoms with Crippen molar-refractivity contribution in [1.82, 2.24) is 15.4 Å². The minimum atomic E-state index is -0.210. The van der Waals surface area contributed by atoms with E-state index in [1.165, 1.54) is 6.42 Å². The van der Waals surface area contributed by atoms with Crippen molar-refractivity contribution in [3.05, 3.63) is 48.8 Å². The van der Waals surface area contributed by atoms with Gasteiger partial charge < -0.3 is 5.32 Å². The number of pyridine rings is 1. The summed E-state index contributed by atoms with van der Waals surface area (Å²) in [5.41, 5.74) is 5.42. The van der Waals surface area contributed by atoms with Gasteiger partial charge >= 0.3 is 6.03 Å². The predicted octanol–water partition coefficient (Wildman–Crippen LogP) is 3.07. The summed E-state index contributed by atoms with van der Waals surface area (Å²) in [6.07, 6.45) is 8.12. The maximum atomic E-state index is 12.2. The van der Waals surface area contributed by atoms with Gasteiger partial charge in [0.05, 0.1) is 11.9 Å². The molecule has 22 heavy (non-hydrogen) atoms. The fraction of sp³-hybridized carbons (Fsp3) is 0.294. The molecule has 113 valence electrons. The molecule has 1 saturated heterocycles. The lowest BCUT2D eigenvalue weighted by molar-refractivity contribution is 0.162. The number of hydrogen-bond acceptors (Lipinski definition) is 3. The number of amides is 2. The molecule has 1 aromatic heterocycles. The monoisotopic (exact) mass is 295 g/mol. The number of rotatable bonds is 3. The number of benzene rings is 1. The van der Waals surface area contributed by atoms with Crippen LogP contribution in [0.5, 0.6) is 0 Å². The van der Waals surface area contributed by atoms with Gasteiger partial charge in [0.25, 0.3) is 0 Å². The van der Waals surface area contributed by atoms with Crippen molar-refractivity contribution in [2.45, 2.75) is 19.3 Å². The first-order valence-corrected chi connectivity index (χ1v) is 7.57. The molecule has 2 aromatic rings. The quantitative estimate of drug-likeness (QED) is 0.915. The Kier molecular flexibility index (Phi) is 4.65. The van der Waals surface area contributed by atoms with Gasteiger partial charge in [0.1, 0.15) is 0 Å². The van der Waals surface area contributed by atoms with Gasteiger partial charge in [-0.1, -0.05) is 30.7 Å². The van der Waals surface area contributed by atoms with Crippen LogP contribution in [0.3, 0.4) is 0 Å². The largest absolute Gasteiger partial charge is 0.333 e. The van der Waals surface area contributed by atoms with E-state index < -0.39 is 0 Å². The Morgan fingerprint density at radius 3 is 2.68 bits per heavy atom. The third-order valence-electron chi connectivity index (χ3n) is 3.69. The second-order valence-corrected chi connectivity index (χ2v) is 5.32. The SMILES string of the molecule is O=C(Nc1ccccc1-c1[c]nccc1)NN1CCCCC1. The molecule has 0 bridgehead atoms. The maximum absolute atomic E-state index is 12.2. The summed E-state index contributed by atoms with van der Waals surface area (Å²) in [5, 5.41) is 4.89. The Bertz CT molecular complexity index is 624. The number of anilines is 1. The van der Waals surface area contributed by atoms with Crippen LogP contribution in [-0.2, 0) is 0 Å². The zero-order valence-corrected chi connectivity index (χ0v) is 12.4. The highest BCUT2D eigenvalue weighted by Crippen LogP contribution is 2.26. The molecule has 0 aliphatic carbocycles. The second-order valence-electron chi connectivity index (χ2n) is 5.32. The molecule has 0 spiro atoms. The molecule has 1 aliphatic heterocycles. The smallest absolute Gasteiger partial charge is 0.306 e. The third kappa shape index (κ3) is 3.62. The number of hydrogen-bond donors (Lipinski definition) is 2. The first kappa shape index (κ1) is 14.5. The van der Waals surface area contributed by atoms with Crippen molar-refractivity contribution in [1.29, 1.82) is 0 Å². The molecule has 1 aliphatic rings. The first-order chi connectivity index (χ1) is 10.8. The van der Waals surface area contributed by atoms with Crippen LogP contribution in [-0.4, -0.2) is 29.1 Å². The van der Waals surface area contributed by atoms with E-state index in [1.807, 2.05) is 41.4 Å². The van der Waals surface area contributed by atoms with Crippen molar-refractivity contribution in [3.63, 3.8) is 0 Å². The van der Waals surface area contributed by atoms with Gasteiger partial charge in [-0.3, -0.25) is 10.4 Å². The molecule has 2 N–H and O–H groups in total. The van der Waals surface area contributed by atoms with Crippen molar-refractivity contribution in [2.24, 2.45) is 0 Å². The Hall–Kier alpha value is -2.40. The average Bonchev–Trinajstić information content (AvgIpc) is 2.57. The Morgan fingerprint density at radius 1 is 1.09 bits per heavy atom. The molecule has 1 fully saturated rings. The lowest BCUT2D eigenvalue weighted by Crippen LogP contribution is -2.46. The van der Waals surface area contributed by atoms with Crippen LogP contribution in [0, 0.1) is 6.20 Å². The summed E-state index contributed by atoms with van der Waals surface area (Å²) in [6.45, 7) is 1.82. The van der Waals surface area contributed by atoms with Crippen LogP contribution in [0.25, 0.3) is 11.1 Å². The van der Waals surface area contributed by atoms with E-state index in [2.05, 4.69) is 21.9 Å². The summed E-state index contributed by atoms with van der Waals surface area (Å²) in [6, 6.07) is 11.2. The van der Waals surface area contributed by atoms with Crippen molar-refractivity contribution in [3.8, 4) is 11.1 Å². The topological polar surface area (TPSA) is 57.3 Å². The zero-order chi connectivity index (χ0) is 15.2. The molecule has 5 nitrogen and oxygen atoms in total.